The van der Waals surface area contributed by atoms with Gasteiger partial charge in [-0.1, -0.05) is 0 Å². The molecule has 4 rings (SSSR count). The third kappa shape index (κ3) is 4.10. The van der Waals surface area contributed by atoms with Crippen molar-refractivity contribution in [3.8, 4) is 11.4 Å². The highest BCUT2D eigenvalue weighted by molar-refractivity contribution is 7.90. The molecular formula is C19H18FN7O3S. The predicted molar refractivity (Wildman–Crippen MR) is 111 cm³/mol. The highest BCUT2D eigenvalue weighted by Crippen LogP contribution is 2.33. The van der Waals surface area contributed by atoms with E-state index in [1.807, 2.05) is 0 Å². The zero-order chi connectivity index (χ0) is 22.3. The van der Waals surface area contributed by atoms with Gasteiger partial charge in [-0.05, 0) is 42.8 Å². The maximum absolute atomic E-state index is 13.7. The van der Waals surface area contributed by atoms with Gasteiger partial charge in [0.25, 0.3) is 0 Å². The van der Waals surface area contributed by atoms with E-state index >= 15 is 0 Å². The van der Waals surface area contributed by atoms with Crippen LogP contribution < -0.4 is 10.2 Å². The summed E-state index contributed by atoms with van der Waals surface area (Å²) in [6.45, 7) is 1.79. The van der Waals surface area contributed by atoms with E-state index in [1.165, 1.54) is 18.3 Å². The van der Waals surface area contributed by atoms with Crippen LogP contribution in [0.5, 0.6) is 0 Å². The number of hydrogen-bond acceptors (Lipinski definition) is 9. The molecule has 2 aliphatic heterocycles. The SMILES string of the molecule is Cc1cc(Nc2nccc(N(C)c3nnc4n(O)cc(F)cc3-4)n2)cc(S(C)(=O)=O)c1. The van der Waals surface area contributed by atoms with Crippen LogP contribution >= 0.6 is 0 Å². The molecule has 0 fully saturated rings. The number of pyridine rings is 1. The second-order valence-electron chi connectivity index (χ2n) is 6.99. The van der Waals surface area contributed by atoms with Gasteiger partial charge in [0.05, 0.1) is 16.7 Å². The molecule has 1 aromatic carbocycles. The lowest BCUT2D eigenvalue weighted by atomic mass is 10.2. The third-order valence-corrected chi connectivity index (χ3v) is 5.60. The van der Waals surface area contributed by atoms with Crippen LogP contribution in [0.15, 0.2) is 47.6 Å². The Labute approximate surface area is 177 Å². The topological polar surface area (TPSA) is 126 Å². The molecule has 0 atom stereocenters. The molecule has 1 aromatic heterocycles. The molecule has 2 aliphatic rings. The van der Waals surface area contributed by atoms with Gasteiger partial charge in [-0.3, -0.25) is 0 Å². The van der Waals surface area contributed by atoms with Crippen LogP contribution in [-0.2, 0) is 9.84 Å². The molecule has 0 amide bonds. The molecular weight excluding hydrogens is 425 g/mol. The first-order valence-corrected chi connectivity index (χ1v) is 10.9. The average Bonchev–Trinajstić information content (AvgIpc) is 3.10. The lowest BCUT2D eigenvalue weighted by Crippen LogP contribution is -2.14. The van der Waals surface area contributed by atoms with E-state index in [0.29, 0.717) is 21.8 Å². The lowest BCUT2D eigenvalue weighted by Gasteiger charge is -2.17. The average molecular weight is 443 g/mol. The van der Waals surface area contributed by atoms with Crippen LogP contribution in [-0.4, -0.2) is 51.8 Å². The Balaban J connectivity index is 1.66. The minimum Gasteiger partial charge on any atom is -0.427 e. The van der Waals surface area contributed by atoms with Gasteiger partial charge in [-0.2, -0.15) is 9.71 Å². The van der Waals surface area contributed by atoms with E-state index in [4.69, 9.17) is 0 Å². The largest absolute Gasteiger partial charge is 0.427 e. The first kappa shape index (κ1) is 20.5. The summed E-state index contributed by atoms with van der Waals surface area (Å²) in [5.74, 6) is 0.386. The Morgan fingerprint density at radius 1 is 1.19 bits per heavy atom. The quantitative estimate of drug-likeness (QED) is 0.448. The summed E-state index contributed by atoms with van der Waals surface area (Å²) < 4.78 is 38.1. The summed E-state index contributed by atoms with van der Waals surface area (Å²) in [6.07, 6.45) is 3.54. The zero-order valence-corrected chi connectivity index (χ0v) is 17.6. The molecule has 2 aromatic rings. The fraction of sp³-hybridized carbons (Fsp3) is 0.158. The number of sulfone groups is 1. The van der Waals surface area contributed by atoms with Gasteiger partial charge in [0.1, 0.15) is 11.6 Å². The first-order chi connectivity index (χ1) is 14.6. The number of halogens is 1. The molecule has 0 spiro atoms. The highest BCUT2D eigenvalue weighted by Gasteiger charge is 2.22. The number of nitrogens with zero attached hydrogens (tertiary/aromatic N) is 6. The zero-order valence-electron chi connectivity index (χ0n) is 16.8. The van der Waals surface area contributed by atoms with Crippen molar-refractivity contribution in [3.05, 3.63) is 54.1 Å². The van der Waals surface area contributed by atoms with Crippen molar-refractivity contribution >= 4 is 33.1 Å². The Bertz CT molecular complexity index is 1360. The van der Waals surface area contributed by atoms with Gasteiger partial charge < -0.3 is 15.4 Å². The maximum atomic E-state index is 13.7. The van der Waals surface area contributed by atoms with Crippen LogP contribution in [0.4, 0.5) is 27.7 Å². The molecule has 0 saturated heterocycles. The Hall–Kier alpha value is -3.80. The fourth-order valence-electron chi connectivity index (χ4n) is 3.07. The number of aromatic nitrogens is 5. The number of benzene rings is 1. The Morgan fingerprint density at radius 3 is 2.71 bits per heavy atom. The fourth-order valence-corrected chi connectivity index (χ4v) is 3.81. The number of hydrogen-bond donors (Lipinski definition) is 2. The minimum absolute atomic E-state index is 0.101. The lowest BCUT2D eigenvalue weighted by molar-refractivity contribution is 0.182. The van der Waals surface area contributed by atoms with E-state index in [9.17, 15) is 18.0 Å². The van der Waals surface area contributed by atoms with Gasteiger partial charge >= 0.3 is 0 Å². The van der Waals surface area contributed by atoms with E-state index in [-0.39, 0.29) is 22.5 Å². The number of fused-ring (bicyclic) bond motifs is 1. The van der Waals surface area contributed by atoms with Gasteiger partial charge in [0.2, 0.25) is 11.8 Å². The summed E-state index contributed by atoms with van der Waals surface area (Å²) >= 11 is 0. The molecule has 10 nitrogen and oxygen atoms in total. The summed E-state index contributed by atoms with van der Waals surface area (Å²) in [7, 11) is -1.71. The van der Waals surface area contributed by atoms with Crippen molar-refractivity contribution in [2.75, 3.05) is 23.5 Å². The standard InChI is InChI=1S/C19H18FN7O3S/c1-11-6-13(9-14(7-11)31(3,29)30)22-19-21-5-4-16(23-19)26(2)17-15-8-12(20)10-27(28)18(15)25-24-17/h4-10,28H,1-3H3,(H,21,22,23). The van der Waals surface area contributed by atoms with Crippen molar-refractivity contribution in [2.24, 2.45) is 0 Å². The smallest absolute Gasteiger partial charge is 0.229 e. The second-order valence-corrected chi connectivity index (χ2v) is 9.01. The third-order valence-electron chi connectivity index (χ3n) is 4.50. The molecule has 0 saturated carbocycles. The van der Waals surface area contributed by atoms with Crippen molar-refractivity contribution in [1.82, 2.24) is 24.9 Å². The van der Waals surface area contributed by atoms with Crippen LogP contribution in [0.3, 0.4) is 0 Å². The van der Waals surface area contributed by atoms with Crippen LogP contribution in [0.25, 0.3) is 11.4 Å². The summed E-state index contributed by atoms with van der Waals surface area (Å²) in [6, 6.07) is 7.69. The summed E-state index contributed by atoms with van der Waals surface area (Å²) in [5, 5.41) is 20.7. The van der Waals surface area contributed by atoms with Crippen LogP contribution in [0, 0.1) is 12.7 Å². The first-order valence-electron chi connectivity index (χ1n) is 9.01. The van der Waals surface area contributed by atoms with Crippen molar-refractivity contribution in [2.45, 2.75) is 11.8 Å². The summed E-state index contributed by atoms with van der Waals surface area (Å²) in [4.78, 5) is 10.3. The molecule has 3 heterocycles. The Kier molecular flexibility index (Phi) is 4.93. The molecule has 12 heteroatoms. The molecule has 0 unspecified atom stereocenters. The second kappa shape index (κ2) is 7.47. The molecule has 160 valence electrons. The normalized spacial score (nSPS) is 11.6. The Morgan fingerprint density at radius 2 is 1.97 bits per heavy atom. The van der Waals surface area contributed by atoms with Crippen molar-refractivity contribution < 1.29 is 18.0 Å². The predicted octanol–water partition coefficient (Wildman–Crippen LogP) is 2.77. The van der Waals surface area contributed by atoms with E-state index < -0.39 is 15.7 Å². The van der Waals surface area contributed by atoms with Crippen LogP contribution in [0.1, 0.15) is 5.56 Å². The van der Waals surface area contributed by atoms with E-state index in [2.05, 4.69) is 25.5 Å². The van der Waals surface area contributed by atoms with Gasteiger partial charge in [-0.15, -0.1) is 10.2 Å². The van der Waals surface area contributed by atoms with E-state index in [1.54, 1.807) is 37.1 Å². The van der Waals surface area contributed by atoms with Crippen LogP contribution in [0.2, 0.25) is 0 Å². The van der Waals surface area contributed by atoms with Crippen molar-refractivity contribution in [1.29, 1.82) is 0 Å². The monoisotopic (exact) mass is 443 g/mol. The molecule has 0 aliphatic carbocycles. The molecule has 31 heavy (non-hydrogen) atoms. The van der Waals surface area contributed by atoms with E-state index in [0.717, 1.165) is 18.0 Å². The molecule has 2 N–H and O–H groups in total. The number of rotatable bonds is 5. The minimum atomic E-state index is -3.38. The van der Waals surface area contributed by atoms with Gasteiger partial charge in [0.15, 0.2) is 15.7 Å². The van der Waals surface area contributed by atoms with Crippen molar-refractivity contribution in [3.63, 3.8) is 0 Å². The van der Waals surface area contributed by atoms with Gasteiger partial charge in [-0.25, -0.2) is 17.8 Å². The maximum Gasteiger partial charge on any atom is 0.229 e. The highest BCUT2D eigenvalue weighted by atomic mass is 32.2. The number of anilines is 4. The molecule has 0 bridgehead atoms. The number of aryl methyl sites for hydroxylation is 1. The molecule has 0 radical (unpaired) electrons. The summed E-state index contributed by atoms with van der Waals surface area (Å²) in [5.41, 5.74) is 1.58. The number of nitrogens with one attached hydrogen (secondary N) is 1. The van der Waals surface area contributed by atoms with Gasteiger partial charge in [0, 0.05) is 25.2 Å².